The van der Waals surface area contributed by atoms with Gasteiger partial charge in [-0.1, -0.05) is 12.1 Å². The second-order valence-electron chi connectivity index (χ2n) is 8.48. The molecule has 1 aliphatic rings. The quantitative estimate of drug-likeness (QED) is 0.640. The fourth-order valence-electron chi connectivity index (χ4n) is 3.62. The topological polar surface area (TPSA) is 76.1 Å². The number of hydrogen-bond donors (Lipinski definition) is 1. The first kappa shape index (κ1) is 24.4. The summed E-state index contributed by atoms with van der Waals surface area (Å²) in [5, 5.41) is 9.27. The molecule has 0 aliphatic carbocycles. The third-order valence-corrected chi connectivity index (χ3v) is 5.54. The van der Waals surface area contributed by atoms with Crippen molar-refractivity contribution in [1.82, 2.24) is 4.90 Å². The van der Waals surface area contributed by atoms with Crippen molar-refractivity contribution in [2.45, 2.75) is 44.4 Å². The third-order valence-electron chi connectivity index (χ3n) is 5.54. The van der Waals surface area contributed by atoms with Crippen molar-refractivity contribution >= 4 is 11.9 Å². The van der Waals surface area contributed by atoms with Crippen LogP contribution in [0.15, 0.2) is 48.5 Å². The van der Waals surface area contributed by atoms with E-state index in [1.807, 2.05) is 6.07 Å². The molecule has 1 saturated heterocycles. The number of benzene rings is 2. The molecule has 0 spiro atoms. The van der Waals surface area contributed by atoms with E-state index in [2.05, 4.69) is 0 Å². The van der Waals surface area contributed by atoms with Gasteiger partial charge in [-0.25, -0.2) is 4.79 Å². The molecule has 0 bridgehead atoms. The number of carbonyl (C=O) groups excluding carboxylic acids is 1. The van der Waals surface area contributed by atoms with E-state index in [1.54, 1.807) is 23.1 Å². The maximum Gasteiger partial charge on any atom is 0.416 e. The average molecular weight is 465 g/mol. The van der Waals surface area contributed by atoms with Gasteiger partial charge in [0.05, 0.1) is 5.56 Å². The van der Waals surface area contributed by atoms with Crippen LogP contribution < -0.4 is 9.47 Å². The van der Waals surface area contributed by atoms with Crippen LogP contribution in [-0.2, 0) is 15.8 Å². The molecule has 1 heterocycles. The smallest absolute Gasteiger partial charge is 0.416 e. The van der Waals surface area contributed by atoms with Gasteiger partial charge in [-0.15, -0.1) is 0 Å². The van der Waals surface area contributed by atoms with Crippen molar-refractivity contribution in [3.05, 3.63) is 59.7 Å². The second kappa shape index (κ2) is 9.72. The Hall–Kier alpha value is -3.23. The lowest BCUT2D eigenvalue weighted by Crippen LogP contribution is -2.41. The van der Waals surface area contributed by atoms with Crippen molar-refractivity contribution in [1.29, 1.82) is 0 Å². The van der Waals surface area contributed by atoms with Gasteiger partial charge in [0.15, 0.2) is 12.2 Å². The van der Waals surface area contributed by atoms with Crippen molar-refractivity contribution in [3.63, 3.8) is 0 Å². The summed E-state index contributed by atoms with van der Waals surface area (Å²) in [4.78, 5) is 25.6. The number of likely N-dealkylation sites (tertiary alicyclic amines) is 1. The highest BCUT2D eigenvalue weighted by atomic mass is 19.4. The van der Waals surface area contributed by atoms with E-state index < -0.39 is 23.3 Å². The average Bonchev–Trinajstić information content (AvgIpc) is 2.77. The van der Waals surface area contributed by atoms with E-state index in [4.69, 9.17) is 9.47 Å². The Morgan fingerprint density at radius 2 is 1.79 bits per heavy atom. The molecule has 1 atom stereocenters. The van der Waals surface area contributed by atoms with Crippen LogP contribution in [-0.4, -0.2) is 47.2 Å². The Morgan fingerprint density at radius 1 is 1.09 bits per heavy atom. The highest BCUT2D eigenvalue weighted by molar-refractivity contribution is 5.78. The van der Waals surface area contributed by atoms with Crippen molar-refractivity contribution in [2.75, 3.05) is 19.7 Å². The van der Waals surface area contributed by atoms with Crippen molar-refractivity contribution in [3.8, 4) is 11.5 Å². The molecule has 1 amide bonds. The molecular formula is C24H26F3NO5. The van der Waals surface area contributed by atoms with Gasteiger partial charge in [0.25, 0.3) is 5.91 Å². The number of carboxylic acid groups (broad SMARTS) is 1. The number of rotatable bonds is 7. The van der Waals surface area contributed by atoms with E-state index in [0.717, 1.165) is 30.5 Å². The van der Waals surface area contributed by atoms with E-state index in [0.29, 0.717) is 18.8 Å². The summed E-state index contributed by atoms with van der Waals surface area (Å²) in [5.74, 6) is -0.649. The largest absolute Gasteiger partial charge is 0.484 e. The van der Waals surface area contributed by atoms with Crippen molar-refractivity contribution in [2.24, 2.45) is 0 Å². The molecule has 178 valence electrons. The SMILES string of the molecule is CC(C)(Oc1cccc([C@@H]2CCCN(C(=O)COc3ccc(C(F)(F)F)cc3)C2)c1)C(=O)O. The third kappa shape index (κ3) is 6.40. The van der Waals surface area contributed by atoms with E-state index >= 15 is 0 Å². The normalized spacial score (nSPS) is 16.9. The first-order valence-corrected chi connectivity index (χ1v) is 10.6. The number of hydrogen-bond acceptors (Lipinski definition) is 4. The highest BCUT2D eigenvalue weighted by Gasteiger charge is 2.31. The number of ether oxygens (including phenoxy) is 2. The summed E-state index contributed by atoms with van der Waals surface area (Å²) in [6, 6.07) is 11.4. The lowest BCUT2D eigenvalue weighted by atomic mass is 9.90. The molecule has 6 nitrogen and oxygen atoms in total. The molecule has 1 N–H and O–H groups in total. The number of carbonyl (C=O) groups is 2. The zero-order valence-corrected chi connectivity index (χ0v) is 18.4. The molecule has 3 rings (SSSR count). The first-order chi connectivity index (χ1) is 15.5. The molecule has 1 aliphatic heterocycles. The fourth-order valence-corrected chi connectivity index (χ4v) is 3.62. The zero-order valence-electron chi connectivity index (χ0n) is 18.4. The van der Waals surface area contributed by atoms with Crippen LogP contribution in [0.4, 0.5) is 13.2 Å². The number of halogens is 3. The summed E-state index contributed by atoms with van der Waals surface area (Å²) >= 11 is 0. The number of alkyl halides is 3. The maximum absolute atomic E-state index is 12.7. The van der Waals surface area contributed by atoms with Crippen molar-refractivity contribution < 1.29 is 37.3 Å². The molecule has 0 saturated carbocycles. The van der Waals surface area contributed by atoms with Gasteiger partial charge in [0, 0.05) is 19.0 Å². The molecule has 2 aromatic carbocycles. The fraction of sp³-hybridized carbons (Fsp3) is 0.417. The van der Waals surface area contributed by atoms with Crippen LogP contribution in [0.2, 0.25) is 0 Å². The Balaban J connectivity index is 1.59. The first-order valence-electron chi connectivity index (χ1n) is 10.6. The summed E-state index contributed by atoms with van der Waals surface area (Å²) in [6.07, 6.45) is -2.79. The van der Waals surface area contributed by atoms with E-state index in [1.165, 1.54) is 26.0 Å². The van der Waals surface area contributed by atoms with Crippen LogP contribution >= 0.6 is 0 Å². The highest BCUT2D eigenvalue weighted by Crippen LogP contribution is 2.31. The minimum atomic E-state index is -4.43. The molecule has 9 heteroatoms. The summed E-state index contributed by atoms with van der Waals surface area (Å²) in [5.41, 5.74) is -1.21. The monoisotopic (exact) mass is 465 g/mol. The van der Waals surface area contributed by atoms with Crippen LogP contribution in [0, 0.1) is 0 Å². The van der Waals surface area contributed by atoms with Crippen LogP contribution in [0.3, 0.4) is 0 Å². The summed E-state index contributed by atoms with van der Waals surface area (Å²) in [6.45, 7) is 3.70. The molecule has 1 fully saturated rings. The Labute approximate surface area is 189 Å². The number of nitrogens with zero attached hydrogens (tertiary/aromatic N) is 1. The van der Waals surface area contributed by atoms with Gasteiger partial charge in [-0.05, 0) is 68.7 Å². The minimum Gasteiger partial charge on any atom is -0.484 e. The van der Waals surface area contributed by atoms with Gasteiger partial charge >= 0.3 is 12.1 Å². The van der Waals surface area contributed by atoms with E-state index in [-0.39, 0.29) is 24.2 Å². The Morgan fingerprint density at radius 3 is 2.42 bits per heavy atom. The molecule has 33 heavy (non-hydrogen) atoms. The van der Waals surface area contributed by atoms with Crippen LogP contribution in [0.1, 0.15) is 43.7 Å². The van der Waals surface area contributed by atoms with E-state index in [9.17, 15) is 27.9 Å². The summed E-state index contributed by atoms with van der Waals surface area (Å²) < 4.78 is 49.0. The zero-order chi connectivity index (χ0) is 24.2. The maximum atomic E-state index is 12.7. The molecule has 0 unspecified atom stereocenters. The van der Waals surface area contributed by atoms with Crippen LogP contribution in [0.25, 0.3) is 0 Å². The van der Waals surface area contributed by atoms with Crippen LogP contribution in [0.5, 0.6) is 11.5 Å². The Kier molecular flexibility index (Phi) is 7.19. The second-order valence-corrected chi connectivity index (χ2v) is 8.48. The van der Waals surface area contributed by atoms with Gasteiger partial charge in [0.2, 0.25) is 0 Å². The predicted molar refractivity (Wildman–Crippen MR) is 114 cm³/mol. The standard InChI is InChI=1S/C24H26F3NO5/c1-23(2,22(30)31)33-20-7-3-5-16(13-20)17-6-4-12-28(14-17)21(29)15-32-19-10-8-18(9-11-19)24(25,26)27/h3,5,7-11,13,17H,4,6,12,14-15H2,1-2H3,(H,30,31)/t17-/m1/s1. The lowest BCUT2D eigenvalue weighted by molar-refractivity contribution is -0.152. The number of aliphatic carboxylic acids is 1. The molecule has 0 aromatic heterocycles. The summed E-state index contributed by atoms with van der Waals surface area (Å²) in [7, 11) is 0. The lowest BCUT2D eigenvalue weighted by Gasteiger charge is -2.33. The van der Waals surface area contributed by atoms with Gasteiger partial charge in [-0.2, -0.15) is 13.2 Å². The molecule has 0 radical (unpaired) electrons. The molecule has 2 aromatic rings. The minimum absolute atomic E-state index is 0.0465. The predicted octanol–water partition coefficient (Wildman–Crippen LogP) is 4.73. The van der Waals surface area contributed by atoms with Gasteiger partial charge < -0.3 is 19.5 Å². The number of amides is 1. The van der Waals surface area contributed by atoms with Gasteiger partial charge in [0.1, 0.15) is 11.5 Å². The van der Waals surface area contributed by atoms with Gasteiger partial charge in [-0.3, -0.25) is 4.79 Å². The Bertz CT molecular complexity index is 988. The molecular weight excluding hydrogens is 439 g/mol. The number of piperidine rings is 1. The number of carboxylic acids is 1.